The van der Waals surface area contributed by atoms with Gasteiger partial charge in [-0.3, -0.25) is 0 Å². The number of ether oxygens (including phenoxy) is 1. The molecule has 0 amide bonds. The van der Waals surface area contributed by atoms with Crippen molar-refractivity contribution in [2.45, 2.75) is 30.2 Å². The van der Waals surface area contributed by atoms with Crippen LogP contribution in [0, 0.1) is 6.92 Å². The highest BCUT2D eigenvalue weighted by atomic mass is 32.2. The SMILES string of the molecule is CCNCc1ccc(Sc2ccccc2OC)cc1C. The van der Waals surface area contributed by atoms with Gasteiger partial charge >= 0.3 is 0 Å². The minimum Gasteiger partial charge on any atom is -0.496 e. The first-order valence-electron chi connectivity index (χ1n) is 6.85. The minimum atomic E-state index is 0.923. The molecule has 0 radical (unpaired) electrons. The molecule has 2 rings (SSSR count). The monoisotopic (exact) mass is 287 g/mol. The van der Waals surface area contributed by atoms with Gasteiger partial charge in [0.1, 0.15) is 5.75 Å². The van der Waals surface area contributed by atoms with E-state index in [1.807, 2.05) is 18.2 Å². The van der Waals surface area contributed by atoms with E-state index >= 15 is 0 Å². The highest BCUT2D eigenvalue weighted by Gasteiger charge is 2.05. The van der Waals surface area contributed by atoms with Crippen LogP contribution >= 0.6 is 11.8 Å². The average molecular weight is 287 g/mol. The van der Waals surface area contributed by atoms with Crippen molar-refractivity contribution in [1.82, 2.24) is 5.32 Å². The predicted molar refractivity (Wildman–Crippen MR) is 85.7 cm³/mol. The molecule has 0 aromatic heterocycles. The van der Waals surface area contributed by atoms with Gasteiger partial charge in [-0.05, 0) is 48.9 Å². The maximum Gasteiger partial charge on any atom is 0.132 e. The van der Waals surface area contributed by atoms with Crippen LogP contribution in [0.5, 0.6) is 5.75 Å². The fourth-order valence-corrected chi connectivity index (χ4v) is 3.04. The van der Waals surface area contributed by atoms with Crippen molar-refractivity contribution in [1.29, 1.82) is 0 Å². The topological polar surface area (TPSA) is 21.3 Å². The third-order valence-electron chi connectivity index (χ3n) is 3.18. The van der Waals surface area contributed by atoms with Gasteiger partial charge in [-0.15, -0.1) is 0 Å². The summed E-state index contributed by atoms with van der Waals surface area (Å²) < 4.78 is 5.39. The van der Waals surface area contributed by atoms with Crippen LogP contribution in [-0.4, -0.2) is 13.7 Å². The lowest BCUT2D eigenvalue weighted by Gasteiger charge is -2.10. The molecular formula is C17H21NOS. The van der Waals surface area contributed by atoms with E-state index in [1.54, 1.807) is 18.9 Å². The Bertz CT molecular complexity index is 569. The lowest BCUT2D eigenvalue weighted by molar-refractivity contribution is 0.405. The second-order valence-electron chi connectivity index (χ2n) is 4.62. The molecule has 2 aromatic rings. The van der Waals surface area contributed by atoms with Crippen molar-refractivity contribution >= 4 is 11.8 Å². The van der Waals surface area contributed by atoms with E-state index in [2.05, 4.69) is 43.4 Å². The van der Waals surface area contributed by atoms with Gasteiger partial charge in [0.05, 0.1) is 12.0 Å². The molecule has 0 aliphatic heterocycles. The number of hydrogen-bond donors (Lipinski definition) is 1. The summed E-state index contributed by atoms with van der Waals surface area (Å²) in [4.78, 5) is 2.39. The second-order valence-corrected chi connectivity index (χ2v) is 5.74. The van der Waals surface area contributed by atoms with Crippen LogP contribution in [0.1, 0.15) is 18.1 Å². The van der Waals surface area contributed by atoms with Gasteiger partial charge in [0, 0.05) is 11.4 Å². The fourth-order valence-electron chi connectivity index (χ4n) is 2.02. The fraction of sp³-hybridized carbons (Fsp3) is 0.294. The largest absolute Gasteiger partial charge is 0.496 e. The number of aryl methyl sites for hydroxylation is 1. The second kappa shape index (κ2) is 7.36. The normalized spacial score (nSPS) is 10.6. The Morgan fingerprint density at radius 2 is 1.95 bits per heavy atom. The number of hydrogen-bond acceptors (Lipinski definition) is 3. The zero-order chi connectivity index (χ0) is 14.4. The van der Waals surface area contributed by atoms with Crippen LogP contribution < -0.4 is 10.1 Å². The van der Waals surface area contributed by atoms with Crippen molar-refractivity contribution in [2.24, 2.45) is 0 Å². The maximum atomic E-state index is 5.39. The molecule has 0 aliphatic carbocycles. The van der Waals surface area contributed by atoms with E-state index < -0.39 is 0 Å². The molecule has 0 unspecified atom stereocenters. The Hall–Kier alpha value is -1.45. The minimum absolute atomic E-state index is 0.923. The van der Waals surface area contributed by atoms with Gasteiger partial charge in [0.15, 0.2) is 0 Å². The molecule has 0 aliphatic rings. The molecule has 0 heterocycles. The Balaban J connectivity index is 2.16. The van der Waals surface area contributed by atoms with Crippen LogP contribution in [0.15, 0.2) is 52.3 Å². The third kappa shape index (κ3) is 3.78. The van der Waals surface area contributed by atoms with Crippen LogP contribution in [0.25, 0.3) is 0 Å². The van der Waals surface area contributed by atoms with Gasteiger partial charge < -0.3 is 10.1 Å². The van der Waals surface area contributed by atoms with E-state index in [9.17, 15) is 0 Å². The molecular weight excluding hydrogens is 266 g/mol. The van der Waals surface area contributed by atoms with Gasteiger partial charge in [0.25, 0.3) is 0 Å². The highest BCUT2D eigenvalue weighted by Crippen LogP contribution is 2.35. The highest BCUT2D eigenvalue weighted by molar-refractivity contribution is 7.99. The predicted octanol–water partition coefficient (Wildman–Crippen LogP) is 4.26. The zero-order valence-electron chi connectivity index (χ0n) is 12.3. The molecule has 0 saturated carbocycles. The summed E-state index contributed by atoms with van der Waals surface area (Å²) in [7, 11) is 1.71. The number of nitrogens with one attached hydrogen (secondary N) is 1. The summed E-state index contributed by atoms with van der Waals surface area (Å²) in [6.07, 6.45) is 0. The number of methoxy groups -OCH3 is 1. The van der Waals surface area contributed by atoms with E-state index in [0.717, 1.165) is 23.7 Å². The van der Waals surface area contributed by atoms with Crippen molar-refractivity contribution in [2.75, 3.05) is 13.7 Å². The lowest BCUT2D eigenvalue weighted by atomic mass is 10.1. The van der Waals surface area contributed by atoms with Gasteiger partial charge in [0.2, 0.25) is 0 Å². The average Bonchev–Trinajstić information content (AvgIpc) is 2.47. The van der Waals surface area contributed by atoms with E-state index in [1.165, 1.54) is 16.0 Å². The molecule has 0 saturated heterocycles. The summed E-state index contributed by atoms with van der Waals surface area (Å²) >= 11 is 1.74. The molecule has 106 valence electrons. The van der Waals surface area contributed by atoms with Crippen LogP contribution in [0.3, 0.4) is 0 Å². The molecule has 0 atom stereocenters. The number of para-hydroxylation sites is 1. The Morgan fingerprint density at radius 1 is 1.15 bits per heavy atom. The van der Waals surface area contributed by atoms with Crippen molar-refractivity contribution in [3.63, 3.8) is 0 Å². The van der Waals surface area contributed by atoms with Crippen molar-refractivity contribution in [3.8, 4) is 5.75 Å². The van der Waals surface area contributed by atoms with Crippen molar-refractivity contribution in [3.05, 3.63) is 53.6 Å². The molecule has 20 heavy (non-hydrogen) atoms. The third-order valence-corrected chi connectivity index (χ3v) is 4.22. The Kier molecular flexibility index (Phi) is 5.50. The summed E-state index contributed by atoms with van der Waals surface area (Å²) in [5, 5.41) is 3.37. The zero-order valence-corrected chi connectivity index (χ0v) is 13.1. The molecule has 0 fully saturated rings. The first kappa shape index (κ1) is 14.9. The van der Waals surface area contributed by atoms with Crippen molar-refractivity contribution < 1.29 is 4.74 Å². The molecule has 0 spiro atoms. The van der Waals surface area contributed by atoms with E-state index in [0.29, 0.717) is 0 Å². The number of rotatable bonds is 6. The van der Waals surface area contributed by atoms with Gasteiger partial charge in [-0.2, -0.15) is 0 Å². The smallest absolute Gasteiger partial charge is 0.132 e. The molecule has 3 heteroatoms. The van der Waals surface area contributed by atoms with Crippen LogP contribution in [0.4, 0.5) is 0 Å². The quantitative estimate of drug-likeness (QED) is 0.857. The van der Waals surface area contributed by atoms with Gasteiger partial charge in [-0.1, -0.05) is 36.9 Å². The summed E-state index contributed by atoms with van der Waals surface area (Å²) in [6, 6.07) is 14.7. The first-order valence-corrected chi connectivity index (χ1v) is 7.67. The van der Waals surface area contributed by atoms with Gasteiger partial charge in [-0.25, -0.2) is 0 Å². The van der Waals surface area contributed by atoms with E-state index in [4.69, 9.17) is 4.74 Å². The van der Waals surface area contributed by atoms with E-state index in [-0.39, 0.29) is 0 Å². The maximum absolute atomic E-state index is 5.39. The summed E-state index contributed by atoms with van der Waals surface area (Å²) in [6.45, 7) is 6.22. The summed E-state index contributed by atoms with van der Waals surface area (Å²) in [5.41, 5.74) is 2.68. The lowest BCUT2D eigenvalue weighted by Crippen LogP contribution is -2.12. The standard InChI is InChI=1S/C17H21NOS/c1-4-18-12-14-9-10-15(11-13(14)2)20-17-8-6-5-7-16(17)19-3/h5-11,18H,4,12H2,1-3H3. The molecule has 2 aromatic carbocycles. The molecule has 0 bridgehead atoms. The Morgan fingerprint density at radius 3 is 2.65 bits per heavy atom. The molecule has 1 N–H and O–H groups in total. The first-order chi connectivity index (χ1) is 9.74. The van der Waals surface area contributed by atoms with Crippen LogP contribution in [-0.2, 0) is 6.54 Å². The Labute approximate surface area is 125 Å². The molecule has 2 nitrogen and oxygen atoms in total. The summed E-state index contributed by atoms with van der Waals surface area (Å²) in [5.74, 6) is 0.923. The number of benzene rings is 2. The van der Waals surface area contributed by atoms with Crippen LogP contribution in [0.2, 0.25) is 0 Å².